The molecule has 0 fully saturated rings. The molecule has 0 saturated heterocycles. The molecule has 0 unspecified atom stereocenters. The summed E-state index contributed by atoms with van der Waals surface area (Å²) in [7, 11) is 0.886. The number of hydrogen-bond acceptors (Lipinski definition) is 7. The van der Waals surface area contributed by atoms with E-state index in [1.807, 2.05) is 0 Å². The lowest BCUT2D eigenvalue weighted by Crippen LogP contribution is -2.62. The minimum absolute atomic E-state index is 0.629. The lowest BCUT2D eigenvalue weighted by Gasteiger charge is -2.38. The number of nitrogens with zero attached hydrogens (tertiary/aromatic N) is 2. The summed E-state index contributed by atoms with van der Waals surface area (Å²) in [6, 6.07) is 0.746. The SMILES string of the molecule is CCN(CC)CCC[Si](OC)(OC)O[Si](CN(CC)CC)(OC)OC. The van der Waals surface area contributed by atoms with Crippen LogP contribution in [0.3, 0.4) is 0 Å². The first-order valence-electron chi connectivity index (χ1n) is 9.29. The summed E-state index contributed by atoms with van der Waals surface area (Å²) in [6.07, 6.45) is 1.59. The summed E-state index contributed by atoms with van der Waals surface area (Å²) >= 11 is 0. The molecule has 0 heterocycles. The molecule has 0 bridgehead atoms. The van der Waals surface area contributed by atoms with Gasteiger partial charge in [0.05, 0.1) is 6.17 Å². The molecule has 0 amide bonds. The molecule has 0 aromatic rings. The second-order valence-corrected chi connectivity index (χ2v) is 11.9. The van der Waals surface area contributed by atoms with Gasteiger partial charge in [-0.2, -0.15) is 0 Å². The van der Waals surface area contributed by atoms with Crippen molar-refractivity contribution in [2.75, 3.05) is 67.3 Å². The second-order valence-electron chi connectivity index (χ2n) is 5.88. The maximum atomic E-state index is 6.43. The lowest BCUT2D eigenvalue weighted by atomic mass is 10.4. The first-order chi connectivity index (χ1) is 11.9. The Morgan fingerprint density at radius 2 is 1.08 bits per heavy atom. The van der Waals surface area contributed by atoms with E-state index in [4.69, 9.17) is 21.8 Å². The van der Waals surface area contributed by atoms with Crippen LogP contribution in [-0.4, -0.2) is 94.7 Å². The van der Waals surface area contributed by atoms with Crippen LogP contribution in [0.1, 0.15) is 34.1 Å². The maximum absolute atomic E-state index is 6.43. The van der Waals surface area contributed by atoms with Crippen molar-refractivity contribution in [1.29, 1.82) is 0 Å². The summed E-state index contributed by atoms with van der Waals surface area (Å²) in [4.78, 5) is 4.64. The van der Waals surface area contributed by atoms with Crippen molar-refractivity contribution in [2.24, 2.45) is 0 Å². The van der Waals surface area contributed by atoms with Crippen LogP contribution >= 0.6 is 0 Å². The molecule has 0 aromatic carbocycles. The van der Waals surface area contributed by atoms with E-state index in [0.717, 1.165) is 45.2 Å². The van der Waals surface area contributed by atoms with Gasteiger partial charge in [-0.3, -0.25) is 4.90 Å². The van der Waals surface area contributed by atoms with Crippen LogP contribution in [0.4, 0.5) is 0 Å². The molecule has 0 spiro atoms. The predicted molar refractivity (Wildman–Crippen MR) is 106 cm³/mol. The molecule has 0 aliphatic rings. The zero-order valence-corrected chi connectivity index (χ0v) is 19.6. The Bertz CT molecular complexity index is 324. The first kappa shape index (κ1) is 25.2. The third-order valence-electron chi connectivity index (χ3n) is 4.72. The first-order valence-corrected chi connectivity index (χ1v) is 13.2. The third-order valence-corrected chi connectivity index (χ3v) is 11.5. The van der Waals surface area contributed by atoms with Crippen molar-refractivity contribution in [3.63, 3.8) is 0 Å². The van der Waals surface area contributed by atoms with E-state index >= 15 is 0 Å². The second kappa shape index (κ2) is 13.3. The van der Waals surface area contributed by atoms with E-state index in [1.54, 1.807) is 28.4 Å². The molecule has 0 radical (unpaired) electrons. The fraction of sp³-hybridized carbons (Fsp3) is 1.00. The average molecular weight is 397 g/mol. The zero-order chi connectivity index (χ0) is 19.3. The van der Waals surface area contributed by atoms with Gasteiger partial charge in [-0.1, -0.05) is 27.7 Å². The summed E-state index contributed by atoms with van der Waals surface area (Å²) in [5, 5.41) is 0. The van der Waals surface area contributed by atoms with Crippen LogP contribution in [0.25, 0.3) is 0 Å². The van der Waals surface area contributed by atoms with Gasteiger partial charge < -0.3 is 26.7 Å². The van der Waals surface area contributed by atoms with Crippen LogP contribution in [0.2, 0.25) is 6.04 Å². The van der Waals surface area contributed by atoms with E-state index in [1.165, 1.54) is 0 Å². The Balaban J connectivity index is 5.11. The largest absolute Gasteiger partial charge is 0.507 e. The van der Waals surface area contributed by atoms with Gasteiger partial charge in [0, 0.05) is 34.5 Å². The molecular weight excluding hydrogens is 356 g/mol. The van der Waals surface area contributed by atoms with Gasteiger partial charge in [-0.05, 0) is 39.1 Å². The Morgan fingerprint density at radius 3 is 1.44 bits per heavy atom. The standard InChI is InChI=1S/C16H40N2O5Si2/c1-9-17(10-2)14-13-15-24(19-5,20-6)23-25(21-7,22-8)16-18(11-3)12-4/h9-16H2,1-8H3. The minimum atomic E-state index is -2.90. The molecule has 0 saturated carbocycles. The smallest absolute Gasteiger partial charge is 0.377 e. The fourth-order valence-electron chi connectivity index (χ4n) is 2.77. The van der Waals surface area contributed by atoms with E-state index in [0.29, 0.717) is 6.17 Å². The highest BCUT2D eigenvalue weighted by Crippen LogP contribution is 2.23. The Labute approximate surface area is 157 Å². The van der Waals surface area contributed by atoms with Crippen molar-refractivity contribution in [3.8, 4) is 0 Å². The molecule has 25 heavy (non-hydrogen) atoms. The summed E-state index contributed by atoms with van der Waals surface area (Å²) in [5.74, 6) is 0. The summed E-state index contributed by atoms with van der Waals surface area (Å²) < 4.78 is 29.5. The molecule has 7 nitrogen and oxygen atoms in total. The highest BCUT2D eigenvalue weighted by Gasteiger charge is 2.52. The monoisotopic (exact) mass is 396 g/mol. The van der Waals surface area contributed by atoms with E-state index in [2.05, 4.69) is 37.5 Å². The molecule has 0 N–H and O–H groups in total. The Kier molecular flexibility index (Phi) is 13.4. The third kappa shape index (κ3) is 8.14. The van der Waals surface area contributed by atoms with E-state index in [-0.39, 0.29) is 0 Å². The predicted octanol–water partition coefficient (Wildman–Crippen LogP) is 2.08. The van der Waals surface area contributed by atoms with Gasteiger partial charge in [0.2, 0.25) is 0 Å². The molecule has 0 aliphatic carbocycles. The van der Waals surface area contributed by atoms with Gasteiger partial charge in [0.15, 0.2) is 0 Å². The molecule has 152 valence electrons. The fourth-order valence-corrected chi connectivity index (χ4v) is 9.25. The Morgan fingerprint density at radius 1 is 0.640 bits per heavy atom. The molecule has 9 heteroatoms. The molecule has 0 atom stereocenters. The minimum Gasteiger partial charge on any atom is -0.377 e. The van der Waals surface area contributed by atoms with E-state index < -0.39 is 17.6 Å². The summed E-state index contributed by atoms with van der Waals surface area (Å²) in [6.45, 7) is 13.5. The van der Waals surface area contributed by atoms with Crippen molar-refractivity contribution in [1.82, 2.24) is 9.80 Å². The van der Waals surface area contributed by atoms with Gasteiger partial charge in [0.25, 0.3) is 0 Å². The normalized spacial score (nSPS) is 13.2. The number of rotatable bonds is 16. The van der Waals surface area contributed by atoms with Crippen LogP contribution in [0.15, 0.2) is 0 Å². The topological polar surface area (TPSA) is 52.6 Å². The molecule has 0 aromatic heterocycles. The van der Waals surface area contributed by atoms with Gasteiger partial charge >= 0.3 is 17.6 Å². The van der Waals surface area contributed by atoms with Gasteiger partial charge in [0.1, 0.15) is 0 Å². The van der Waals surface area contributed by atoms with Gasteiger partial charge in [-0.25, -0.2) is 0 Å². The van der Waals surface area contributed by atoms with E-state index in [9.17, 15) is 0 Å². The van der Waals surface area contributed by atoms with Crippen LogP contribution in [0, 0.1) is 0 Å². The van der Waals surface area contributed by atoms with Crippen molar-refractivity contribution in [3.05, 3.63) is 0 Å². The highest BCUT2D eigenvalue weighted by atomic mass is 28.5. The molecule has 0 aliphatic heterocycles. The highest BCUT2D eigenvalue weighted by molar-refractivity contribution is 6.75. The van der Waals surface area contributed by atoms with Crippen LogP contribution in [-0.2, 0) is 21.8 Å². The lowest BCUT2D eigenvalue weighted by molar-refractivity contribution is 0.0754. The average Bonchev–Trinajstić information content (AvgIpc) is 2.67. The van der Waals surface area contributed by atoms with Crippen molar-refractivity contribution >= 4 is 17.6 Å². The zero-order valence-electron chi connectivity index (χ0n) is 17.6. The molecule has 0 rings (SSSR count). The Hall–Kier alpha value is 0.154. The van der Waals surface area contributed by atoms with Crippen LogP contribution in [0.5, 0.6) is 0 Å². The number of hydrogen-bond donors (Lipinski definition) is 0. The molecular formula is C16H40N2O5Si2. The maximum Gasteiger partial charge on any atom is 0.507 e. The van der Waals surface area contributed by atoms with Gasteiger partial charge in [-0.15, -0.1) is 0 Å². The summed E-state index contributed by atoms with van der Waals surface area (Å²) in [5.41, 5.74) is 0. The quantitative estimate of drug-likeness (QED) is 0.370. The van der Waals surface area contributed by atoms with Crippen LogP contribution < -0.4 is 0 Å². The van der Waals surface area contributed by atoms with Crippen molar-refractivity contribution < 1.29 is 21.8 Å². The van der Waals surface area contributed by atoms with Crippen molar-refractivity contribution in [2.45, 2.75) is 40.2 Å².